The van der Waals surface area contributed by atoms with Crippen LogP contribution in [-0.4, -0.2) is 40.3 Å². The van der Waals surface area contributed by atoms with Crippen molar-refractivity contribution in [2.45, 2.75) is 18.9 Å². The molecule has 0 unspecified atom stereocenters. The van der Waals surface area contributed by atoms with E-state index >= 15 is 0 Å². The number of anilines is 1. The smallest absolute Gasteiger partial charge is 0.320 e. The van der Waals surface area contributed by atoms with Crippen molar-refractivity contribution < 1.29 is 24.9 Å². The quantitative estimate of drug-likeness (QED) is 0.378. The minimum atomic E-state index is -1.02. The molecule has 0 saturated heterocycles. The second kappa shape index (κ2) is 6.60. The summed E-state index contributed by atoms with van der Waals surface area (Å²) < 4.78 is 0. The normalized spacial score (nSPS) is 11.8. The lowest BCUT2D eigenvalue weighted by molar-refractivity contribution is -0.139. The van der Waals surface area contributed by atoms with Crippen molar-refractivity contribution in [1.29, 1.82) is 0 Å². The molecular formula is C12H16N2O5. The second-order valence-electron chi connectivity index (χ2n) is 3.97. The van der Waals surface area contributed by atoms with Crippen molar-refractivity contribution in [3.05, 3.63) is 18.2 Å². The van der Waals surface area contributed by atoms with E-state index in [1.165, 1.54) is 25.2 Å². The molecule has 1 amide bonds. The van der Waals surface area contributed by atoms with Gasteiger partial charge in [0.05, 0.1) is 0 Å². The van der Waals surface area contributed by atoms with Gasteiger partial charge < -0.3 is 26.0 Å². The van der Waals surface area contributed by atoms with E-state index in [-0.39, 0.29) is 30.2 Å². The van der Waals surface area contributed by atoms with Crippen LogP contribution >= 0.6 is 0 Å². The number of hydrogen-bond acceptors (Lipinski definition) is 5. The zero-order chi connectivity index (χ0) is 14.4. The Labute approximate surface area is 109 Å². The van der Waals surface area contributed by atoms with E-state index in [0.717, 1.165) is 0 Å². The molecule has 0 aliphatic rings. The van der Waals surface area contributed by atoms with Crippen molar-refractivity contribution in [1.82, 2.24) is 5.32 Å². The Hall–Kier alpha value is -2.28. The van der Waals surface area contributed by atoms with E-state index in [1.54, 1.807) is 0 Å². The lowest BCUT2D eigenvalue weighted by atomic mass is 10.1. The number of nitrogens with one attached hydrogen (secondary N) is 2. The number of amides is 1. The SMILES string of the molecule is CN[C@@H](CCC(=O)Nc1ccc(O)c(O)c1)C(=O)O. The Morgan fingerprint density at radius 1 is 1.26 bits per heavy atom. The van der Waals surface area contributed by atoms with Gasteiger partial charge in [-0.1, -0.05) is 0 Å². The van der Waals surface area contributed by atoms with Gasteiger partial charge in [0.1, 0.15) is 6.04 Å². The van der Waals surface area contributed by atoms with Gasteiger partial charge in [0.25, 0.3) is 0 Å². The highest BCUT2D eigenvalue weighted by atomic mass is 16.4. The van der Waals surface area contributed by atoms with Gasteiger partial charge in [-0.2, -0.15) is 0 Å². The van der Waals surface area contributed by atoms with Crippen LogP contribution < -0.4 is 10.6 Å². The van der Waals surface area contributed by atoms with E-state index in [4.69, 9.17) is 10.2 Å². The van der Waals surface area contributed by atoms with Crippen LogP contribution in [0.4, 0.5) is 5.69 Å². The summed E-state index contributed by atoms with van der Waals surface area (Å²) in [4.78, 5) is 22.3. The Kier molecular flexibility index (Phi) is 5.13. The summed E-state index contributed by atoms with van der Waals surface area (Å²) in [5.74, 6) is -2.00. The Morgan fingerprint density at radius 3 is 2.47 bits per heavy atom. The van der Waals surface area contributed by atoms with Crippen molar-refractivity contribution in [2.24, 2.45) is 0 Å². The number of phenolic OH excluding ortho intramolecular Hbond substituents is 2. The molecule has 7 nitrogen and oxygen atoms in total. The monoisotopic (exact) mass is 268 g/mol. The summed E-state index contributed by atoms with van der Waals surface area (Å²) in [5, 5.41) is 32.2. The van der Waals surface area contributed by atoms with Crippen LogP contribution in [-0.2, 0) is 9.59 Å². The molecular weight excluding hydrogens is 252 g/mol. The molecule has 0 aromatic heterocycles. The zero-order valence-electron chi connectivity index (χ0n) is 10.4. The first-order valence-corrected chi connectivity index (χ1v) is 5.66. The number of rotatable bonds is 6. The molecule has 1 aromatic carbocycles. The fraction of sp³-hybridized carbons (Fsp3) is 0.333. The fourth-order valence-corrected chi connectivity index (χ4v) is 1.49. The van der Waals surface area contributed by atoms with Gasteiger partial charge in [-0.3, -0.25) is 9.59 Å². The number of carbonyl (C=O) groups is 2. The number of aliphatic carboxylic acids is 1. The van der Waals surface area contributed by atoms with Crippen molar-refractivity contribution in [3.63, 3.8) is 0 Å². The maximum absolute atomic E-state index is 11.6. The van der Waals surface area contributed by atoms with E-state index in [2.05, 4.69) is 10.6 Å². The lowest BCUT2D eigenvalue weighted by Gasteiger charge is -2.11. The first-order chi connectivity index (χ1) is 8.93. The van der Waals surface area contributed by atoms with Crippen LogP contribution in [0.25, 0.3) is 0 Å². The molecule has 0 aliphatic carbocycles. The predicted octanol–water partition coefficient (Wildman–Crippen LogP) is 0.489. The molecule has 7 heteroatoms. The van der Waals surface area contributed by atoms with Gasteiger partial charge in [-0.15, -0.1) is 0 Å². The second-order valence-corrected chi connectivity index (χ2v) is 3.97. The molecule has 104 valence electrons. The highest BCUT2D eigenvalue weighted by Gasteiger charge is 2.16. The third-order valence-electron chi connectivity index (χ3n) is 2.57. The van der Waals surface area contributed by atoms with E-state index in [9.17, 15) is 14.7 Å². The van der Waals surface area contributed by atoms with Crippen LogP contribution in [0.15, 0.2) is 18.2 Å². The number of benzene rings is 1. The standard InChI is InChI=1S/C12H16N2O5/c1-13-8(12(18)19)3-5-11(17)14-7-2-4-9(15)10(16)6-7/h2,4,6,8,13,15-16H,3,5H2,1H3,(H,14,17)(H,18,19)/t8-/m0/s1. The molecule has 0 bridgehead atoms. The molecule has 5 N–H and O–H groups in total. The molecule has 0 spiro atoms. The van der Waals surface area contributed by atoms with Gasteiger partial charge in [0.15, 0.2) is 11.5 Å². The van der Waals surface area contributed by atoms with Crippen molar-refractivity contribution in [2.75, 3.05) is 12.4 Å². The van der Waals surface area contributed by atoms with Crippen LogP contribution in [0, 0.1) is 0 Å². The van der Waals surface area contributed by atoms with Gasteiger partial charge in [0.2, 0.25) is 5.91 Å². The van der Waals surface area contributed by atoms with Crippen molar-refractivity contribution >= 4 is 17.6 Å². The Bertz CT molecular complexity index is 475. The molecule has 0 fully saturated rings. The first kappa shape index (κ1) is 14.8. The number of likely N-dealkylation sites (N-methyl/N-ethyl adjacent to an activating group) is 1. The van der Waals surface area contributed by atoms with E-state index in [0.29, 0.717) is 5.69 Å². The topological polar surface area (TPSA) is 119 Å². The van der Waals surface area contributed by atoms with Crippen LogP contribution in [0.2, 0.25) is 0 Å². The molecule has 0 heterocycles. The third kappa shape index (κ3) is 4.47. The van der Waals surface area contributed by atoms with Gasteiger partial charge >= 0.3 is 5.97 Å². The number of aromatic hydroxyl groups is 2. The van der Waals surface area contributed by atoms with Crippen LogP contribution in [0.3, 0.4) is 0 Å². The summed E-state index contributed by atoms with van der Waals surface area (Å²) in [6.07, 6.45) is 0.182. The Morgan fingerprint density at radius 2 is 1.95 bits per heavy atom. The molecule has 19 heavy (non-hydrogen) atoms. The molecule has 1 atom stereocenters. The fourth-order valence-electron chi connectivity index (χ4n) is 1.49. The summed E-state index contributed by atoms with van der Waals surface area (Å²) in [5.41, 5.74) is 0.330. The molecule has 1 rings (SSSR count). The Balaban J connectivity index is 2.51. The minimum absolute atomic E-state index is 0.0272. The lowest BCUT2D eigenvalue weighted by Crippen LogP contribution is -2.34. The van der Waals surface area contributed by atoms with Gasteiger partial charge in [0, 0.05) is 18.2 Å². The number of carboxylic acid groups (broad SMARTS) is 1. The molecule has 0 radical (unpaired) electrons. The van der Waals surface area contributed by atoms with Gasteiger partial charge in [-0.25, -0.2) is 0 Å². The summed E-state index contributed by atoms with van der Waals surface area (Å²) in [6, 6.07) is 3.11. The highest BCUT2D eigenvalue weighted by Crippen LogP contribution is 2.27. The van der Waals surface area contributed by atoms with Crippen LogP contribution in [0.1, 0.15) is 12.8 Å². The number of carbonyl (C=O) groups excluding carboxylic acids is 1. The third-order valence-corrected chi connectivity index (χ3v) is 2.57. The average molecular weight is 268 g/mol. The first-order valence-electron chi connectivity index (χ1n) is 5.66. The maximum atomic E-state index is 11.6. The zero-order valence-corrected chi connectivity index (χ0v) is 10.4. The average Bonchev–Trinajstić information content (AvgIpc) is 2.34. The summed E-state index contributed by atoms with van der Waals surface area (Å²) in [6.45, 7) is 0. The number of phenols is 2. The predicted molar refractivity (Wildman–Crippen MR) is 68.1 cm³/mol. The van der Waals surface area contributed by atoms with E-state index in [1.807, 2.05) is 0 Å². The van der Waals surface area contributed by atoms with E-state index < -0.39 is 12.0 Å². The molecule has 0 saturated carbocycles. The molecule has 0 aliphatic heterocycles. The van der Waals surface area contributed by atoms with Gasteiger partial charge in [-0.05, 0) is 25.6 Å². The largest absolute Gasteiger partial charge is 0.504 e. The summed E-state index contributed by atoms with van der Waals surface area (Å²) in [7, 11) is 1.51. The number of carboxylic acids is 1. The number of hydrogen-bond donors (Lipinski definition) is 5. The maximum Gasteiger partial charge on any atom is 0.320 e. The molecule has 1 aromatic rings. The summed E-state index contributed by atoms with van der Waals surface area (Å²) >= 11 is 0. The van der Waals surface area contributed by atoms with Crippen molar-refractivity contribution in [3.8, 4) is 11.5 Å². The highest BCUT2D eigenvalue weighted by molar-refractivity contribution is 5.91. The minimum Gasteiger partial charge on any atom is -0.504 e. The van der Waals surface area contributed by atoms with Crippen LogP contribution in [0.5, 0.6) is 11.5 Å².